The Hall–Kier alpha value is -2.69. The molecule has 2 aliphatic heterocycles. The molecule has 0 unspecified atom stereocenters. The van der Waals surface area contributed by atoms with Crippen molar-refractivity contribution in [3.63, 3.8) is 0 Å². The van der Waals surface area contributed by atoms with Gasteiger partial charge in [0, 0.05) is 0 Å². The Morgan fingerprint density at radius 1 is 0.897 bits per heavy atom. The quantitative estimate of drug-likeness (QED) is 0.704. The summed E-state index contributed by atoms with van der Waals surface area (Å²) in [5.41, 5.74) is 6.00. The summed E-state index contributed by atoms with van der Waals surface area (Å²) in [5.74, 6) is 2.71. The lowest BCUT2D eigenvalue weighted by atomic mass is 9.85. The average molecular weight is 392 g/mol. The lowest BCUT2D eigenvalue weighted by molar-refractivity contribution is 0.174. The molecule has 2 heterocycles. The first-order valence-corrected chi connectivity index (χ1v) is 10.7. The molecule has 2 N–H and O–H groups in total. The lowest BCUT2D eigenvalue weighted by Gasteiger charge is -2.41. The van der Waals surface area contributed by atoms with Crippen LogP contribution in [0.5, 0.6) is 11.5 Å². The first-order chi connectivity index (χ1) is 14.1. The van der Waals surface area contributed by atoms with Crippen molar-refractivity contribution in [1.29, 1.82) is 0 Å². The highest BCUT2D eigenvalue weighted by atomic mass is 16.7. The van der Waals surface area contributed by atoms with E-state index in [0.29, 0.717) is 13.3 Å². The molecule has 0 bridgehead atoms. The van der Waals surface area contributed by atoms with Gasteiger partial charge in [0.15, 0.2) is 11.5 Å². The normalized spacial score (nSPS) is 20.7. The molecule has 0 amide bonds. The molecule has 152 valence electrons. The van der Waals surface area contributed by atoms with Gasteiger partial charge in [0.2, 0.25) is 6.79 Å². The molecule has 1 aliphatic carbocycles. The molecule has 5 heteroatoms. The summed E-state index contributed by atoms with van der Waals surface area (Å²) in [6.07, 6.45) is 7.31. The van der Waals surface area contributed by atoms with Gasteiger partial charge in [-0.15, -0.1) is 0 Å². The highest BCUT2D eigenvalue weighted by molar-refractivity contribution is 6.09. The van der Waals surface area contributed by atoms with Gasteiger partial charge >= 0.3 is 0 Å². The van der Waals surface area contributed by atoms with Crippen molar-refractivity contribution in [3.05, 3.63) is 47.0 Å². The van der Waals surface area contributed by atoms with Crippen LogP contribution in [0, 0.1) is 13.8 Å². The maximum Gasteiger partial charge on any atom is 0.231 e. The summed E-state index contributed by atoms with van der Waals surface area (Å²) in [6.45, 7) is 5.27. The molecule has 2 aromatic carbocycles. The minimum atomic E-state index is -0.0957. The summed E-state index contributed by atoms with van der Waals surface area (Å²) in [4.78, 5) is 5.10. The first kappa shape index (κ1) is 18.3. The highest BCUT2D eigenvalue weighted by Crippen LogP contribution is 2.40. The van der Waals surface area contributed by atoms with Gasteiger partial charge in [0.25, 0.3) is 0 Å². The van der Waals surface area contributed by atoms with Crippen molar-refractivity contribution < 1.29 is 9.47 Å². The van der Waals surface area contributed by atoms with Crippen molar-refractivity contribution in [3.8, 4) is 11.5 Å². The summed E-state index contributed by atoms with van der Waals surface area (Å²) in [6, 6.07) is 10.6. The third-order valence-electron chi connectivity index (χ3n) is 6.53. The van der Waals surface area contributed by atoms with E-state index < -0.39 is 0 Å². The fourth-order valence-electron chi connectivity index (χ4n) is 4.68. The molecular formula is C24H29N3O2. The second-order valence-corrected chi connectivity index (χ2v) is 8.58. The number of amidine groups is 1. The lowest BCUT2D eigenvalue weighted by Crippen LogP contribution is -2.52. The van der Waals surface area contributed by atoms with Gasteiger partial charge in [-0.2, -0.15) is 0 Å². The van der Waals surface area contributed by atoms with Gasteiger partial charge < -0.3 is 20.1 Å². The second kappa shape index (κ2) is 7.29. The third-order valence-corrected chi connectivity index (χ3v) is 6.53. The van der Waals surface area contributed by atoms with Crippen LogP contribution in [0.1, 0.15) is 55.2 Å². The van der Waals surface area contributed by atoms with Gasteiger partial charge in [-0.25, -0.2) is 0 Å². The highest BCUT2D eigenvalue weighted by Gasteiger charge is 2.40. The zero-order valence-electron chi connectivity index (χ0n) is 17.3. The smallest absolute Gasteiger partial charge is 0.231 e. The van der Waals surface area contributed by atoms with Crippen LogP contribution in [0.3, 0.4) is 0 Å². The molecule has 5 nitrogen and oxygen atoms in total. The van der Waals surface area contributed by atoms with Crippen LogP contribution < -0.4 is 20.1 Å². The number of ether oxygens (including phenoxy) is 2. The molecule has 1 fully saturated rings. The number of fused-ring (bicyclic) bond motifs is 2. The van der Waals surface area contributed by atoms with Crippen LogP contribution in [0.25, 0.3) is 0 Å². The fourth-order valence-corrected chi connectivity index (χ4v) is 4.68. The molecule has 0 radical (unpaired) electrons. The van der Waals surface area contributed by atoms with E-state index in [0.717, 1.165) is 41.4 Å². The Morgan fingerprint density at radius 3 is 2.41 bits per heavy atom. The minimum Gasteiger partial charge on any atom is -0.454 e. The van der Waals surface area contributed by atoms with Gasteiger partial charge in [0.1, 0.15) is 5.84 Å². The molecule has 5 rings (SSSR count). The maximum absolute atomic E-state index is 5.53. The van der Waals surface area contributed by atoms with Gasteiger partial charge in [-0.1, -0.05) is 31.7 Å². The maximum atomic E-state index is 5.53. The molecule has 1 saturated carbocycles. The van der Waals surface area contributed by atoms with E-state index >= 15 is 0 Å². The van der Waals surface area contributed by atoms with E-state index in [4.69, 9.17) is 14.5 Å². The average Bonchev–Trinajstić information content (AvgIpc) is 3.06. The Bertz CT molecular complexity index is 959. The van der Waals surface area contributed by atoms with Crippen molar-refractivity contribution in [2.24, 2.45) is 4.99 Å². The fraction of sp³-hybridized carbons (Fsp3) is 0.458. The number of aryl methyl sites for hydroxylation is 2. The van der Waals surface area contributed by atoms with E-state index in [1.807, 2.05) is 12.1 Å². The van der Waals surface area contributed by atoms with Crippen LogP contribution in [0.2, 0.25) is 0 Å². The summed E-state index contributed by atoms with van der Waals surface area (Å²) < 4.78 is 11.0. The molecule has 0 aromatic heterocycles. The number of nitrogens with one attached hydrogen (secondary N) is 2. The Morgan fingerprint density at radius 2 is 1.62 bits per heavy atom. The number of rotatable bonds is 2. The van der Waals surface area contributed by atoms with Crippen LogP contribution in [-0.4, -0.2) is 18.2 Å². The van der Waals surface area contributed by atoms with Crippen molar-refractivity contribution >= 4 is 17.2 Å². The summed E-state index contributed by atoms with van der Waals surface area (Å²) in [5, 5.41) is 7.62. The SMILES string of the molecule is Cc1cc2c(cc1C)NC1(CCCCCC1)C(=NCc1ccc3c(c1)OCO3)N2. The molecular weight excluding hydrogens is 362 g/mol. The van der Waals surface area contributed by atoms with Gasteiger partial charge in [-0.05, 0) is 67.6 Å². The number of nitrogens with zero attached hydrogens (tertiary/aromatic N) is 1. The van der Waals surface area contributed by atoms with Gasteiger partial charge in [0.05, 0.1) is 23.5 Å². The molecule has 3 aliphatic rings. The van der Waals surface area contributed by atoms with E-state index in [1.165, 1.54) is 42.5 Å². The largest absolute Gasteiger partial charge is 0.454 e. The Kier molecular flexibility index (Phi) is 4.61. The Labute approximate surface area is 172 Å². The standard InChI is InChI=1S/C24H29N3O2/c1-16-11-19-20(12-17(16)2)27-24(9-5-3-4-6-10-24)23(26-19)25-14-18-7-8-21-22(13-18)29-15-28-21/h7-8,11-13,27H,3-6,9-10,14-15H2,1-2H3,(H,25,26). The number of hydrogen-bond acceptors (Lipinski definition) is 4. The predicted octanol–water partition coefficient (Wildman–Crippen LogP) is 5.56. The molecule has 0 atom stereocenters. The minimum absolute atomic E-state index is 0.0957. The van der Waals surface area contributed by atoms with E-state index in [2.05, 4.69) is 42.7 Å². The first-order valence-electron chi connectivity index (χ1n) is 10.7. The van der Waals surface area contributed by atoms with Gasteiger partial charge in [-0.3, -0.25) is 4.99 Å². The van der Waals surface area contributed by atoms with Crippen LogP contribution in [0.4, 0.5) is 11.4 Å². The van der Waals surface area contributed by atoms with E-state index in [1.54, 1.807) is 0 Å². The second-order valence-electron chi connectivity index (χ2n) is 8.58. The van der Waals surface area contributed by atoms with Crippen LogP contribution in [0.15, 0.2) is 35.3 Å². The topological polar surface area (TPSA) is 54.9 Å². The number of hydrogen-bond donors (Lipinski definition) is 2. The predicted molar refractivity (Wildman–Crippen MR) is 117 cm³/mol. The zero-order valence-corrected chi connectivity index (χ0v) is 17.3. The van der Waals surface area contributed by atoms with E-state index in [-0.39, 0.29) is 5.54 Å². The van der Waals surface area contributed by atoms with Crippen LogP contribution in [-0.2, 0) is 6.54 Å². The van der Waals surface area contributed by atoms with Crippen LogP contribution >= 0.6 is 0 Å². The summed E-state index contributed by atoms with van der Waals surface area (Å²) >= 11 is 0. The Balaban J connectivity index is 1.49. The number of benzene rings is 2. The number of anilines is 2. The molecule has 1 spiro atoms. The molecule has 2 aromatic rings. The zero-order chi connectivity index (χ0) is 19.8. The third kappa shape index (κ3) is 3.43. The van der Waals surface area contributed by atoms with Crippen molar-refractivity contribution in [2.75, 3.05) is 17.4 Å². The van der Waals surface area contributed by atoms with Crippen molar-refractivity contribution in [1.82, 2.24) is 0 Å². The monoisotopic (exact) mass is 391 g/mol. The molecule has 29 heavy (non-hydrogen) atoms. The molecule has 0 saturated heterocycles. The number of aliphatic imine (C=N–C) groups is 1. The van der Waals surface area contributed by atoms with E-state index in [9.17, 15) is 0 Å². The van der Waals surface area contributed by atoms with Crippen molar-refractivity contribution in [2.45, 2.75) is 64.5 Å². The summed E-state index contributed by atoms with van der Waals surface area (Å²) in [7, 11) is 0.